The predicted octanol–water partition coefficient (Wildman–Crippen LogP) is 4.10. The molecule has 0 aliphatic rings. The van der Waals surface area contributed by atoms with E-state index in [-0.39, 0.29) is 0 Å². The zero-order valence-corrected chi connectivity index (χ0v) is 9.07. The molecule has 0 N–H and O–H groups in total. The van der Waals surface area contributed by atoms with Gasteiger partial charge in [-0.3, -0.25) is 0 Å². The summed E-state index contributed by atoms with van der Waals surface area (Å²) in [5, 5.41) is 0. The summed E-state index contributed by atoms with van der Waals surface area (Å²) in [6.45, 7) is 14.0. The lowest BCUT2D eigenvalue weighted by atomic mass is 9.71. The monoisotopic (exact) mass is 156 g/mol. The van der Waals surface area contributed by atoms with Crippen LogP contribution in [-0.4, -0.2) is 0 Å². The van der Waals surface area contributed by atoms with Crippen molar-refractivity contribution in [1.82, 2.24) is 0 Å². The molecular formula is C11H24. The quantitative estimate of drug-likeness (QED) is 0.574. The fraction of sp³-hybridized carbons (Fsp3) is 1.00. The van der Waals surface area contributed by atoms with E-state index >= 15 is 0 Å². The summed E-state index contributed by atoms with van der Waals surface area (Å²) in [6, 6.07) is 0. The number of rotatable bonds is 4. The van der Waals surface area contributed by atoms with Crippen molar-refractivity contribution in [2.75, 3.05) is 0 Å². The molecule has 68 valence electrons. The predicted molar refractivity (Wildman–Crippen MR) is 52.7 cm³/mol. The third-order valence-electron chi connectivity index (χ3n) is 3.08. The molecule has 0 aromatic carbocycles. The summed E-state index contributed by atoms with van der Waals surface area (Å²) in [5.41, 5.74) is 0.564. The third-order valence-corrected chi connectivity index (χ3v) is 3.08. The average Bonchev–Trinajstić information content (AvgIpc) is 1.86. The fourth-order valence-electron chi connectivity index (χ4n) is 1.72. The second-order valence-electron chi connectivity index (χ2n) is 4.76. The first kappa shape index (κ1) is 11.0. The van der Waals surface area contributed by atoms with E-state index < -0.39 is 0 Å². The molecular weight excluding hydrogens is 132 g/mol. The Balaban J connectivity index is 4.10. The smallest absolute Gasteiger partial charge is 0.0303 e. The van der Waals surface area contributed by atoms with Gasteiger partial charge in [-0.15, -0.1) is 0 Å². The van der Waals surface area contributed by atoms with Crippen molar-refractivity contribution in [1.29, 1.82) is 0 Å². The maximum atomic E-state index is 2.41. The molecule has 0 radical (unpaired) electrons. The van der Waals surface area contributed by atoms with E-state index in [4.69, 9.17) is 0 Å². The van der Waals surface area contributed by atoms with Gasteiger partial charge in [0.05, 0.1) is 0 Å². The largest absolute Gasteiger partial charge is 0.0649 e. The maximum absolute atomic E-state index is 2.41. The molecule has 0 bridgehead atoms. The van der Waals surface area contributed by atoms with Crippen molar-refractivity contribution in [3.8, 4) is 0 Å². The van der Waals surface area contributed by atoms with Crippen LogP contribution in [0.3, 0.4) is 0 Å². The Labute approximate surface area is 72.4 Å². The summed E-state index contributed by atoms with van der Waals surface area (Å²) in [4.78, 5) is 0. The van der Waals surface area contributed by atoms with Crippen molar-refractivity contribution in [3.05, 3.63) is 0 Å². The van der Waals surface area contributed by atoms with Gasteiger partial charge in [-0.25, -0.2) is 0 Å². The average molecular weight is 156 g/mol. The highest BCUT2D eigenvalue weighted by atomic mass is 14.3. The van der Waals surface area contributed by atoms with Gasteiger partial charge in [0.25, 0.3) is 0 Å². The Bertz CT molecular complexity index is 103. The molecule has 0 rings (SSSR count). The fourth-order valence-corrected chi connectivity index (χ4v) is 1.72. The standard InChI is InChI=1S/C11H24/c1-7-11(6,10(4)5)8-9(2)3/h9-10H,7-8H2,1-6H3/t11-/m0/s1. The molecule has 0 heteroatoms. The first-order valence-electron chi connectivity index (χ1n) is 4.92. The Kier molecular flexibility index (Phi) is 4.13. The van der Waals surface area contributed by atoms with E-state index in [9.17, 15) is 0 Å². The van der Waals surface area contributed by atoms with Crippen LogP contribution in [0.4, 0.5) is 0 Å². The molecule has 11 heavy (non-hydrogen) atoms. The highest BCUT2D eigenvalue weighted by molar-refractivity contribution is 4.77. The zero-order chi connectivity index (χ0) is 9.07. The van der Waals surface area contributed by atoms with Crippen LogP contribution >= 0.6 is 0 Å². The summed E-state index contributed by atoms with van der Waals surface area (Å²) in [5.74, 6) is 1.65. The minimum atomic E-state index is 0.564. The van der Waals surface area contributed by atoms with Gasteiger partial charge in [0.15, 0.2) is 0 Å². The molecule has 0 aliphatic heterocycles. The Hall–Kier alpha value is 0. The van der Waals surface area contributed by atoms with Gasteiger partial charge in [-0.2, -0.15) is 0 Å². The van der Waals surface area contributed by atoms with Crippen LogP contribution in [0.25, 0.3) is 0 Å². The van der Waals surface area contributed by atoms with Gasteiger partial charge >= 0.3 is 0 Å². The Morgan fingerprint density at radius 3 is 1.64 bits per heavy atom. The molecule has 0 amide bonds. The lowest BCUT2D eigenvalue weighted by Crippen LogP contribution is -2.24. The van der Waals surface area contributed by atoms with Crippen molar-refractivity contribution >= 4 is 0 Å². The maximum Gasteiger partial charge on any atom is -0.0303 e. The Morgan fingerprint density at radius 2 is 1.55 bits per heavy atom. The summed E-state index contributed by atoms with van der Waals surface area (Å²) in [6.07, 6.45) is 2.67. The molecule has 0 heterocycles. The van der Waals surface area contributed by atoms with Crippen LogP contribution in [0.1, 0.15) is 54.4 Å². The van der Waals surface area contributed by atoms with Crippen LogP contribution in [0, 0.1) is 17.3 Å². The van der Waals surface area contributed by atoms with E-state index in [1.807, 2.05) is 0 Å². The molecule has 0 aliphatic carbocycles. The van der Waals surface area contributed by atoms with Gasteiger partial charge in [0.1, 0.15) is 0 Å². The van der Waals surface area contributed by atoms with Crippen LogP contribution < -0.4 is 0 Å². The van der Waals surface area contributed by atoms with Gasteiger partial charge in [0, 0.05) is 0 Å². The second kappa shape index (κ2) is 4.13. The van der Waals surface area contributed by atoms with Crippen LogP contribution in [0.2, 0.25) is 0 Å². The molecule has 0 spiro atoms. The van der Waals surface area contributed by atoms with E-state index in [1.165, 1.54) is 12.8 Å². The molecule has 0 aromatic rings. The molecule has 0 saturated heterocycles. The van der Waals surface area contributed by atoms with Crippen LogP contribution in [0.5, 0.6) is 0 Å². The van der Waals surface area contributed by atoms with Gasteiger partial charge in [-0.1, -0.05) is 48.0 Å². The number of hydrogen-bond donors (Lipinski definition) is 0. The van der Waals surface area contributed by atoms with Crippen molar-refractivity contribution in [3.63, 3.8) is 0 Å². The van der Waals surface area contributed by atoms with Crippen LogP contribution in [0.15, 0.2) is 0 Å². The SMILES string of the molecule is CC[C@@](C)(CC(C)C)C(C)C. The lowest BCUT2D eigenvalue weighted by Gasteiger charge is -2.34. The molecule has 0 nitrogen and oxygen atoms in total. The van der Waals surface area contributed by atoms with Gasteiger partial charge < -0.3 is 0 Å². The first-order chi connectivity index (χ1) is 4.92. The van der Waals surface area contributed by atoms with E-state index in [2.05, 4.69) is 41.5 Å². The molecule has 1 atom stereocenters. The van der Waals surface area contributed by atoms with Crippen molar-refractivity contribution in [2.45, 2.75) is 54.4 Å². The highest BCUT2D eigenvalue weighted by Gasteiger charge is 2.26. The van der Waals surface area contributed by atoms with Gasteiger partial charge in [-0.05, 0) is 23.7 Å². The number of hydrogen-bond acceptors (Lipinski definition) is 0. The normalized spacial score (nSPS) is 17.5. The molecule has 0 saturated carbocycles. The molecule has 0 unspecified atom stereocenters. The zero-order valence-electron chi connectivity index (χ0n) is 9.07. The minimum Gasteiger partial charge on any atom is -0.0649 e. The Morgan fingerprint density at radius 1 is 1.09 bits per heavy atom. The van der Waals surface area contributed by atoms with Crippen molar-refractivity contribution in [2.24, 2.45) is 17.3 Å². The van der Waals surface area contributed by atoms with Gasteiger partial charge in [0.2, 0.25) is 0 Å². The van der Waals surface area contributed by atoms with Crippen LogP contribution in [-0.2, 0) is 0 Å². The molecule has 0 fully saturated rings. The van der Waals surface area contributed by atoms with E-state index in [1.54, 1.807) is 0 Å². The highest BCUT2D eigenvalue weighted by Crippen LogP contribution is 2.36. The summed E-state index contributed by atoms with van der Waals surface area (Å²) >= 11 is 0. The minimum absolute atomic E-state index is 0.564. The lowest BCUT2D eigenvalue weighted by molar-refractivity contribution is 0.165. The third kappa shape index (κ3) is 3.27. The first-order valence-corrected chi connectivity index (χ1v) is 4.92. The summed E-state index contributed by atoms with van der Waals surface area (Å²) in [7, 11) is 0. The second-order valence-corrected chi connectivity index (χ2v) is 4.76. The van der Waals surface area contributed by atoms with E-state index in [0.29, 0.717) is 5.41 Å². The topological polar surface area (TPSA) is 0 Å². The van der Waals surface area contributed by atoms with E-state index in [0.717, 1.165) is 11.8 Å². The summed E-state index contributed by atoms with van der Waals surface area (Å²) < 4.78 is 0. The van der Waals surface area contributed by atoms with Crippen molar-refractivity contribution < 1.29 is 0 Å². The molecule has 0 aromatic heterocycles.